The number of benzene rings is 1. The summed E-state index contributed by atoms with van der Waals surface area (Å²) in [6.07, 6.45) is 3.66. The van der Waals surface area contributed by atoms with Gasteiger partial charge in [0, 0.05) is 23.9 Å². The minimum Gasteiger partial charge on any atom is -0.360 e. The molecule has 1 aromatic carbocycles. The highest BCUT2D eigenvalue weighted by molar-refractivity contribution is 7.17. The van der Waals surface area contributed by atoms with Crippen molar-refractivity contribution < 1.29 is 4.39 Å². The smallest absolute Gasteiger partial charge is 0.155 e. The topological polar surface area (TPSA) is 68.5 Å². The van der Waals surface area contributed by atoms with Crippen molar-refractivity contribution in [2.24, 2.45) is 0 Å². The van der Waals surface area contributed by atoms with E-state index in [0.717, 1.165) is 58.2 Å². The molecule has 0 unspecified atom stereocenters. The number of halogens is 1. The molecule has 0 spiro atoms. The largest absolute Gasteiger partial charge is 0.360 e. The number of nitrogens with zero attached hydrogens (tertiary/aromatic N) is 5. The molecule has 1 atom stereocenters. The zero-order valence-corrected chi connectivity index (χ0v) is 15.5. The number of fused-ring (bicyclic) bond motifs is 2. The van der Waals surface area contributed by atoms with Crippen LogP contribution in [0, 0.1) is 5.82 Å². The molecular formula is C19H17FN6S. The van der Waals surface area contributed by atoms with Crippen LogP contribution in [0.1, 0.15) is 31.0 Å². The summed E-state index contributed by atoms with van der Waals surface area (Å²) >= 11 is 1.55. The second-order valence-electron chi connectivity index (χ2n) is 6.65. The molecule has 136 valence electrons. The van der Waals surface area contributed by atoms with E-state index in [1.165, 1.54) is 12.1 Å². The first kappa shape index (κ1) is 16.3. The monoisotopic (exact) mass is 380 g/mol. The van der Waals surface area contributed by atoms with Crippen molar-refractivity contribution in [1.82, 2.24) is 24.7 Å². The summed E-state index contributed by atoms with van der Waals surface area (Å²) in [6.45, 7) is 3.02. The number of nitrogens with one attached hydrogen (secondary N) is 1. The van der Waals surface area contributed by atoms with Crippen LogP contribution in [0.3, 0.4) is 0 Å². The van der Waals surface area contributed by atoms with E-state index >= 15 is 0 Å². The Labute approximate surface area is 159 Å². The van der Waals surface area contributed by atoms with Crippen molar-refractivity contribution in [1.29, 1.82) is 0 Å². The Kier molecular flexibility index (Phi) is 3.86. The van der Waals surface area contributed by atoms with E-state index in [4.69, 9.17) is 0 Å². The molecule has 4 aromatic rings. The van der Waals surface area contributed by atoms with Gasteiger partial charge in [0.2, 0.25) is 0 Å². The summed E-state index contributed by atoms with van der Waals surface area (Å²) in [7, 11) is 0. The molecule has 0 amide bonds. The quantitative estimate of drug-likeness (QED) is 0.574. The Bertz CT molecular complexity index is 1120. The molecule has 1 aliphatic heterocycles. The maximum atomic E-state index is 13.3. The lowest BCUT2D eigenvalue weighted by Gasteiger charge is -2.15. The van der Waals surface area contributed by atoms with Crippen LogP contribution in [0.15, 0.2) is 36.0 Å². The third-order valence-electron chi connectivity index (χ3n) is 4.90. The molecule has 1 N–H and O–H groups in total. The van der Waals surface area contributed by atoms with E-state index in [9.17, 15) is 4.39 Å². The Morgan fingerprint density at radius 1 is 1.19 bits per heavy atom. The second kappa shape index (κ2) is 6.38. The molecule has 5 rings (SSSR count). The van der Waals surface area contributed by atoms with E-state index in [0.29, 0.717) is 0 Å². The van der Waals surface area contributed by atoms with Gasteiger partial charge in [0.25, 0.3) is 0 Å². The van der Waals surface area contributed by atoms with Gasteiger partial charge in [-0.05, 0) is 31.0 Å². The van der Waals surface area contributed by atoms with E-state index in [-0.39, 0.29) is 11.9 Å². The fraction of sp³-hybridized carbons (Fsp3) is 0.263. The summed E-state index contributed by atoms with van der Waals surface area (Å²) in [5.74, 6) is 2.48. The zero-order valence-electron chi connectivity index (χ0n) is 14.7. The Morgan fingerprint density at radius 2 is 2.04 bits per heavy atom. The molecule has 1 aliphatic rings. The highest BCUT2D eigenvalue weighted by atomic mass is 32.1. The zero-order chi connectivity index (χ0) is 18.4. The van der Waals surface area contributed by atoms with Crippen molar-refractivity contribution >= 4 is 27.4 Å². The van der Waals surface area contributed by atoms with Crippen LogP contribution in [0.2, 0.25) is 0 Å². The van der Waals surface area contributed by atoms with E-state index in [1.807, 2.05) is 5.38 Å². The van der Waals surface area contributed by atoms with Crippen molar-refractivity contribution in [3.05, 3.63) is 53.4 Å². The number of thiophene rings is 1. The molecule has 0 saturated heterocycles. The van der Waals surface area contributed by atoms with Gasteiger partial charge in [0.15, 0.2) is 5.82 Å². The Morgan fingerprint density at radius 3 is 2.89 bits per heavy atom. The first-order chi connectivity index (χ1) is 13.2. The minimum atomic E-state index is -0.248. The van der Waals surface area contributed by atoms with Crippen molar-refractivity contribution in [3.63, 3.8) is 0 Å². The van der Waals surface area contributed by atoms with Crippen molar-refractivity contribution in [3.8, 4) is 11.1 Å². The number of aryl methyl sites for hydroxylation is 1. The van der Waals surface area contributed by atoms with Gasteiger partial charge in [-0.1, -0.05) is 12.1 Å². The second-order valence-corrected chi connectivity index (χ2v) is 7.51. The molecule has 27 heavy (non-hydrogen) atoms. The van der Waals surface area contributed by atoms with Gasteiger partial charge in [-0.2, -0.15) is 0 Å². The lowest BCUT2D eigenvalue weighted by Crippen LogP contribution is -2.14. The van der Waals surface area contributed by atoms with Crippen LogP contribution in [0.5, 0.6) is 0 Å². The fourth-order valence-corrected chi connectivity index (χ4v) is 4.51. The van der Waals surface area contributed by atoms with Gasteiger partial charge in [0.05, 0.1) is 11.4 Å². The van der Waals surface area contributed by atoms with E-state index in [1.54, 1.807) is 29.8 Å². The Hall–Kier alpha value is -2.87. The molecule has 0 fully saturated rings. The SMILES string of the molecule is C[C@@H](Nc1ncnc2scc(-c3ccc(F)cc3)c12)c1nnc2n1CCC2. The van der Waals surface area contributed by atoms with E-state index < -0.39 is 0 Å². The van der Waals surface area contributed by atoms with Gasteiger partial charge < -0.3 is 9.88 Å². The average molecular weight is 380 g/mol. The standard InChI is InChI=1S/C19H17FN6S/c1-11(18-25-24-15-3-2-8-26(15)18)23-17-16-14(9-27-19(16)22-10-21-17)12-4-6-13(20)7-5-12/h4-7,9-11H,2-3,8H2,1H3,(H,21,22,23)/t11-/m1/s1. The molecule has 4 heterocycles. The predicted molar refractivity (Wildman–Crippen MR) is 103 cm³/mol. The lowest BCUT2D eigenvalue weighted by molar-refractivity contribution is 0.628. The van der Waals surface area contributed by atoms with Gasteiger partial charge in [-0.15, -0.1) is 21.5 Å². The van der Waals surface area contributed by atoms with Crippen molar-refractivity contribution in [2.75, 3.05) is 5.32 Å². The predicted octanol–water partition coefficient (Wildman–Crippen LogP) is 4.21. The fourth-order valence-electron chi connectivity index (χ4n) is 3.59. The molecule has 6 nitrogen and oxygen atoms in total. The van der Waals surface area contributed by atoms with Crippen molar-refractivity contribution in [2.45, 2.75) is 32.4 Å². The van der Waals surface area contributed by atoms with E-state index in [2.05, 4.69) is 37.0 Å². The van der Waals surface area contributed by atoms with Gasteiger partial charge in [-0.3, -0.25) is 0 Å². The van der Waals surface area contributed by atoms with Crippen LogP contribution >= 0.6 is 11.3 Å². The van der Waals surface area contributed by atoms with Crippen LogP contribution < -0.4 is 5.32 Å². The first-order valence-electron chi connectivity index (χ1n) is 8.87. The van der Waals surface area contributed by atoms with Crippen LogP contribution in [0.4, 0.5) is 10.2 Å². The Balaban J connectivity index is 1.55. The maximum absolute atomic E-state index is 13.3. The van der Waals surface area contributed by atoms with Crippen LogP contribution in [-0.4, -0.2) is 24.7 Å². The molecule has 8 heteroatoms. The maximum Gasteiger partial charge on any atom is 0.155 e. The van der Waals surface area contributed by atoms with Gasteiger partial charge >= 0.3 is 0 Å². The molecule has 0 saturated carbocycles. The summed E-state index contributed by atoms with van der Waals surface area (Å²) in [6, 6.07) is 6.46. The van der Waals surface area contributed by atoms with Crippen LogP contribution in [0.25, 0.3) is 21.3 Å². The number of hydrogen-bond acceptors (Lipinski definition) is 6. The third kappa shape index (κ3) is 2.76. The molecule has 0 bridgehead atoms. The minimum absolute atomic E-state index is 0.0385. The molecular weight excluding hydrogens is 363 g/mol. The lowest BCUT2D eigenvalue weighted by atomic mass is 10.1. The number of aromatic nitrogens is 5. The first-order valence-corrected chi connectivity index (χ1v) is 9.75. The molecule has 0 radical (unpaired) electrons. The number of anilines is 1. The third-order valence-corrected chi connectivity index (χ3v) is 5.79. The number of rotatable bonds is 4. The summed E-state index contributed by atoms with van der Waals surface area (Å²) in [5.41, 5.74) is 1.94. The highest BCUT2D eigenvalue weighted by Gasteiger charge is 2.22. The number of hydrogen-bond donors (Lipinski definition) is 1. The molecule has 0 aliphatic carbocycles. The summed E-state index contributed by atoms with van der Waals surface area (Å²) in [4.78, 5) is 9.77. The molecule has 3 aromatic heterocycles. The summed E-state index contributed by atoms with van der Waals surface area (Å²) in [5, 5.41) is 15.1. The van der Waals surface area contributed by atoms with Gasteiger partial charge in [-0.25, -0.2) is 14.4 Å². The van der Waals surface area contributed by atoms with Crippen LogP contribution in [-0.2, 0) is 13.0 Å². The normalized spacial score (nSPS) is 14.4. The summed E-state index contributed by atoms with van der Waals surface area (Å²) < 4.78 is 15.5. The average Bonchev–Trinajstić information content (AvgIpc) is 3.38. The van der Waals surface area contributed by atoms with Gasteiger partial charge in [0.1, 0.15) is 28.6 Å². The highest BCUT2D eigenvalue weighted by Crippen LogP contribution is 2.37.